The molecule has 0 unspecified atom stereocenters. The lowest BCUT2D eigenvalue weighted by Crippen LogP contribution is -2.57. The van der Waals surface area contributed by atoms with Crippen molar-refractivity contribution >= 4 is 15.9 Å². The molecule has 0 aromatic heterocycles. The molecule has 3 aliphatic rings. The summed E-state index contributed by atoms with van der Waals surface area (Å²) < 4.78 is 45.6. The maximum absolute atomic E-state index is 13.6. The number of aliphatic hydroxyl groups is 1. The molecule has 34 heavy (non-hydrogen) atoms. The highest BCUT2D eigenvalue weighted by molar-refractivity contribution is 7.89. The number of carbonyl (C=O) groups is 1. The molecule has 1 aromatic carbocycles. The van der Waals surface area contributed by atoms with Crippen LogP contribution < -0.4 is 4.74 Å². The quantitative estimate of drug-likeness (QED) is 0.613. The SMILES string of the molecule is COc1cccc(S(=O)(=O)N2C[C@H](O)COC[C@@H]3O[C@@H](CC(=O)N4CCN(C)CC4)CC[C@H]32)c1. The molecule has 4 atom stereocenters. The first-order chi connectivity index (χ1) is 16.3. The molecular weight excluding hydrogens is 462 g/mol. The van der Waals surface area contributed by atoms with Crippen molar-refractivity contribution in [3.63, 3.8) is 0 Å². The summed E-state index contributed by atoms with van der Waals surface area (Å²) in [5.74, 6) is 0.510. The molecule has 3 saturated heterocycles. The van der Waals surface area contributed by atoms with Gasteiger partial charge in [0.15, 0.2) is 0 Å². The molecule has 3 fully saturated rings. The smallest absolute Gasteiger partial charge is 0.243 e. The van der Waals surface area contributed by atoms with Crippen LogP contribution in [0.1, 0.15) is 19.3 Å². The number of aliphatic hydroxyl groups excluding tert-OH is 1. The van der Waals surface area contributed by atoms with Crippen LogP contribution in [0.4, 0.5) is 0 Å². The first-order valence-corrected chi connectivity index (χ1v) is 13.3. The van der Waals surface area contributed by atoms with E-state index in [2.05, 4.69) is 4.90 Å². The molecule has 0 saturated carbocycles. The molecule has 3 aliphatic heterocycles. The number of rotatable bonds is 5. The van der Waals surface area contributed by atoms with Crippen molar-refractivity contribution in [2.75, 3.05) is 60.1 Å². The summed E-state index contributed by atoms with van der Waals surface area (Å²) in [6.45, 7) is 3.22. The fourth-order valence-corrected chi connectivity index (χ4v) is 6.60. The lowest BCUT2D eigenvalue weighted by molar-refractivity contribution is -0.152. The molecule has 3 heterocycles. The fourth-order valence-electron chi connectivity index (χ4n) is 4.85. The molecular formula is C23H35N3O7S. The van der Waals surface area contributed by atoms with E-state index in [1.807, 2.05) is 11.9 Å². The highest BCUT2D eigenvalue weighted by Gasteiger charge is 2.43. The summed E-state index contributed by atoms with van der Waals surface area (Å²) >= 11 is 0. The van der Waals surface area contributed by atoms with Gasteiger partial charge in [-0.1, -0.05) is 6.07 Å². The van der Waals surface area contributed by atoms with Crippen LogP contribution in [-0.2, 0) is 24.3 Å². The number of piperazine rings is 1. The monoisotopic (exact) mass is 497 g/mol. The summed E-state index contributed by atoms with van der Waals surface area (Å²) in [4.78, 5) is 17.0. The van der Waals surface area contributed by atoms with E-state index in [-0.39, 0.29) is 43.1 Å². The van der Waals surface area contributed by atoms with Gasteiger partial charge in [-0.2, -0.15) is 4.31 Å². The molecule has 4 rings (SSSR count). The number of hydrogen-bond acceptors (Lipinski definition) is 8. The first kappa shape index (κ1) is 25.3. The Morgan fingerprint density at radius 1 is 1.18 bits per heavy atom. The van der Waals surface area contributed by atoms with Crippen molar-refractivity contribution in [2.45, 2.75) is 48.5 Å². The Morgan fingerprint density at radius 3 is 2.68 bits per heavy atom. The number of benzene rings is 1. The van der Waals surface area contributed by atoms with Crippen LogP contribution in [0, 0.1) is 0 Å². The van der Waals surface area contributed by atoms with Crippen molar-refractivity contribution < 1.29 is 32.5 Å². The molecule has 0 aliphatic carbocycles. The van der Waals surface area contributed by atoms with E-state index in [1.54, 1.807) is 12.1 Å². The van der Waals surface area contributed by atoms with Crippen LogP contribution in [0.25, 0.3) is 0 Å². The van der Waals surface area contributed by atoms with Gasteiger partial charge in [0.2, 0.25) is 15.9 Å². The standard InChI is InChI=1S/C23H35N3O7S/c1-24-8-10-25(11-9-24)23(28)13-19-6-7-21-22(33-19)16-32-15-17(27)14-26(21)34(29,30)20-5-3-4-18(12-20)31-2/h3-5,12,17,19,21-22,27H,6-11,13-16H2,1-2H3/t17-,19+,21+,22-/m0/s1. The normalized spacial score (nSPS) is 29.7. The molecule has 1 aromatic rings. The number of hydrogen-bond donors (Lipinski definition) is 1. The van der Waals surface area contributed by atoms with Crippen LogP contribution in [0.5, 0.6) is 5.75 Å². The summed E-state index contributed by atoms with van der Waals surface area (Å²) in [5, 5.41) is 10.4. The number of ether oxygens (including phenoxy) is 3. The first-order valence-electron chi connectivity index (χ1n) is 11.8. The number of fused-ring (bicyclic) bond motifs is 1. The largest absolute Gasteiger partial charge is 0.497 e. The number of carbonyl (C=O) groups excluding carboxylic acids is 1. The summed E-state index contributed by atoms with van der Waals surface area (Å²) in [5.41, 5.74) is 0. The zero-order valence-corrected chi connectivity index (χ0v) is 20.7. The van der Waals surface area contributed by atoms with Crippen molar-refractivity contribution in [1.82, 2.24) is 14.1 Å². The minimum atomic E-state index is -3.92. The molecule has 1 amide bonds. The Hall–Kier alpha value is -1.76. The number of methoxy groups -OCH3 is 1. The third-order valence-corrected chi connectivity index (χ3v) is 8.73. The molecule has 0 spiro atoms. The lowest BCUT2D eigenvalue weighted by atomic mass is 9.96. The zero-order chi connectivity index (χ0) is 24.3. The predicted octanol–water partition coefficient (Wildman–Crippen LogP) is 0.157. The van der Waals surface area contributed by atoms with E-state index in [9.17, 15) is 18.3 Å². The van der Waals surface area contributed by atoms with E-state index < -0.39 is 28.3 Å². The van der Waals surface area contributed by atoms with Crippen LogP contribution in [0.3, 0.4) is 0 Å². The summed E-state index contributed by atoms with van der Waals surface area (Å²) in [7, 11) is -0.394. The van der Waals surface area contributed by atoms with Crippen molar-refractivity contribution in [3.05, 3.63) is 24.3 Å². The average molecular weight is 498 g/mol. The minimum Gasteiger partial charge on any atom is -0.497 e. The van der Waals surface area contributed by atoms with Crippen molar-refractivity contribution in [3.8, 4) is 5.75 Å². The summed E-state index contributed by atoms with van der Waals surface area (Å²) in [6.07, 6.45) is -0.406. The van der Waals surface area contributed by atoms with Gasteiger partial charge in [-0.15, -0.1) is 0 Å². The Labute approximate surface area is 201 Å². The van der Waals surface area contributed by atoms with Gasteiger partial charge in [-0.25, -0.2) is 8.42 Å². The zero-order valence-electron chi connectivity index (χ0n) is 19.8. The van der Waals surface area contributed by atoms with Gasteiger partial charge in [0.1, 0.15) is 5.75 Å². The van der Waals surface area contributed by atoms with Gasteiger partial charge >= 0.3 is 0 Å². The van der Waals surface area contributed by atoms with Gasteiger partial charge < -0.3 is 29.1 Å². The van der Waals surface area contributed by atoms with E-state index in [0.29, 0.717) is 31.7 Å². The van der Waals surface area contributed by atoms with E-state index in [1.165, 1.54) is 23.5 Å². The van der Waals surface area contributed by atoms with Crippen LogP contribution >= 0.6 is 0 Å². The van der Waals surface area contributed by atoms with Crippen molar-refractivity contribution in [1.29, 1.82) is 0 Å². The number of nitrogens with zero attached hydrogens (tertiary/aromatic N) is 3. The van der Waals surface area contributed by atoms with Gasteiger partial charge in [-0.3, -0.25) is 4.79 Å². The van der Waals surface area contributed by atoms with E-state index in [0.717, 1.165) is 13.1 Å². The highest BCUT2D eigenvalue weighted by atomic mass is 32.2. The molecule has 0 radical (unpaired) electrons. The van der Waals surface area contributed by atoms with E-state index >= 15 is 0 Å². The molecule has 190 valence electrons. The topological polar surface area (TPSA) is 109 Å². The van der Waals surface area contributed by atoms with Gasteiger partial charge in [0.25, 0.3) is 0 Å². The maximum Gasteiger partial charge on any atom is 0.243 e. The van der Waals surface area contributed by atoms with Gasteiger partial charge in [-0.05, 0) is 32.0 Å². The Morgan fingerprint density at radius 2 is 1.94 bits per heavy atom. The Bertz CT molecular complexity index is 952. The second kappa shape index (κ2) is 10.9. The number of sulfonamides is 1. The van der Waals surface area contributed by atoms with Gasteiger partial charge in [0.05, 0.1) is 56.0 Å². The second-order valence-electron chi connectivity index (χ2n) is 9.27. The lowest BCUT2D eigenvalue weighted by Gasteiger charge is -2.44. The predicted molar refractivity (Wildman–Crippen MR) is 124 cm³/mol. The number of likely N-dealkylation sites (N-methyl/N-ethyl adjacent to an activating group) is 1. The maximum atomic E-state index is 13.6. The third kappa shape index (κ3) is 5.72. The average Bonchev–Trinajstić information content (AvgIpc) is 2.82. The molecule has 1 N–H and O–H groups in total. The number of β-amino-alcohol motifs (C(OH)–C–C–N with tert-alkyl or cyclic N) is 1. The fraction of sp³-hybridized carbons (Fsp3) is 0.696. The van der Waals surface area contributed by atoms with Crippen LogP contribution in [0.15, 0.2) is 29.2 Å². The Balaban J connectivity index is 1.49. The third-order valence-electron chi connectivity index (χ3n) is 6.84. The van der Waals surface area contributed by atoms with Crippen LogP contribution in [0.2, 0.25) is 0 Å². The van der Waals surface area contributed by atoms with Crippen molar-refractivity contribution in [2.24, 2.45) is 0 Å². The highest BCUT2D eigenvalue weighted by Crippen LogP contribution is 2.32. The number of amides is 1. The van der Waals surface area contributed by atoms with Gasteiger partial charge in [0, 0.05) is 38.8 Å². The van der Waals surface area contributed by atoms with Crippen LogP contribution in [-0.4, -0.2) is 118 Å². The Kier molecular flexibility index (Phi) is 8.11. The van der Waals surface area contributed by atoms with E-state index in [4.69, 9.17) is 14.2 Å². The molecule has 0 bridgehead atoms. The summed E-state index contributed by atoms with van der Waals surface area (Å²) in [6, 6.07) is 5.82. The molecule has 10 nitrogen and oxygen atoms in total. The second-order valence-corrected chi connectivity index (χ2v) is 11.2. The molecule has 11 heteroatoms. The minimum absolute atomic E-state index is 0.0155.